The molecule has 2 fully saturated rings. The third-order valence-electron chi connectivity index (χ3n) is 3.67. The number of nitrogens with one attached hydrogen (secondary N) is 1. The minimum absolute atomic E-state index is 0.288. The van der Waals surface area contributed by atoms with Gasteiger partial charge in [-0.05, 0) is 53.5 Å². The van der Waals surface area contributed by atoms with Crippen molar-refractivity contribution in [2.45, 2.75) is 64.1 Å². The molecule has 0 aromatic heterocycles. The Morgan fingerprint density at radius 1 is 1.14 bits per heavy atom. The molecule has 2 nitrogen and oxygen atoms in total. The Bertz CT molecular complexity index is 216. The van der Waals surface area contributed by atoms with E-state index in [1.807, 2.05) is 0 Å². The van der Waals surface area contributed by atoms with Gasteiger partial charge in [-0.15, -0.1) is 0 Å². The van der Waals surface area contributed by atoms with Crippen molar-refractivity contribution in [3.8, 4) is 0 Å². The Kier molecular flexibility index (Phi) is 2.39. The van der Waals surface area contributed by atoms with E-state index in [1.54, 1.807) is 0 Å². The maximum Gasteiger partial charge on any atom is 0.0252 e. The number of hydrogen-bond donors (Lipinski definition) is 1. The minimum atomic E-state index is 0.288. The standard InChI is InChI=1S/C12H24N2/c1-11(2)9-14(10-5-6-10)12(3,4)7-8-13-11/h10,13H,5-9H2,1-4H3. The molecule has 1 saturated carbocycles. The normalized spacial score (nSPS) is 32.6. The van der Waals surface area contributed by atoms with Gasteiger partial charge in [-0.3, -0.25) is 4.90 Å². The molecular formula is C12H24N2. The molecule has 0 amide bonds. The second-order valence-electron chi connectivity index (χ2n) is 6.23. The molecule has 0 atom stereocenters. The molecule has 82 valence electrons. The fraction of sp³-hybridized carbons (Fsp3) is 1.00. The van der Waals surface area contributed by atoms with Gasteiger partial charge in [-0.2, -0.15) is 0 Å². The predicted molar refractivity (Wildman–Crippen MR) is 60.5 cm³/mol. The van der Waals surface area contributed by atoms with Crippen molar-refractivity contribution < 1.29 is 0 Å². The molecule has 1 N–H and O–H groups in total. The zero-order chi connectivity index (χ0) is 10.4. The summed E-state index contributed by atoms with van der Waals surface area (Å²) in [6.45, 7) is 11.8. The second kappa shape index (κ2) is 3.21. The van der Waals surface area contributed by atoms with E-state index in [4.69, 9.17) is 0 Å². The Balaban J connectivity index is 2.14. The molecule has 2 aliphatic rings. The van der Waals surface area contributed by atoms with Gasteiger partial charge in [0.2, 0.25) is 0 Å². The summed E-state index contributed by atoms with van der Waals surface area (Å²) in [6, 6.07) is 0.879. The predicted octanol–water partition coefficient (Wildman–Crippen LogP) is 2.00. The maximum absolute atomic E-state index is 3.65. The lowest BCUT2D eigenvalue weighted by molar-refractivity contribution is 0.0974. The Labute approximate surface area is 88.1 Å². The molecule has 2 heteroatoms. The first-order valence-electron chi connectivity index (χ1n) is 5.93. The molecule has 1 aliphatic heterocycles. The van der Waals surface area contributed by atoms with E-state index in [0.29, 0.717) is 5.54 Å². The number of nitrogens with zero attached hydrogens (tertiary/aromatic N) is 1. The molecule has 0 aromatic carbocycles. The molecule has 0 aromatic rings. The average molecular weight is 196 g/mol. The summed E-state index contributed by atoms with van der Waals surface area (Å²) < 4.78 is 0. The van der Waals surface area contributed by atoms with Crippen LogP contribution in [0.1, 0.15) is 47.0 Å². The molecule has 1 heterocycles. The van der Waals surface area contributed by atoms with Crippen LogP contribution in [0.2, 0.25) is 0 Å². The molecule has 0 radical (unpaired) electrons. The number of rotatable bonds is 1. The van der Waals surface area contributed by atoms with E-state index in [9.17, 15) is 0 Å². The van der Waals surface area contributed by atoms with Crippen molar-refractivity contribution in [3.05, 3.63) is 0 Å². The van der Waals surface area contributed by atoms with Crippen LogP contribution in [-0.2, 0) is 0 Å². The quantitative estimate of drug-likeness (QED) is 0.690. The first-order chi connectivity index (χ1) is 6.41. The Morgan fingerprint density at radius 2 is 1.79 bits per heavy atom. The fourth-order valence-corrected chi connectivity index (χ4v) is 2.56. The van der Waals surface area contributed by atoms with E-state index in [2.05, 4.69) is 37.9 Å². The molecule has 0 bridgehead atoms. The van der Waals surface area contributed by atoms with E-state index in [0.717, 1.165) is 12.6 Å². The van der Waals surface area contributed by atoms with Gasteiger partial charge in [0, 0.05) is 23.7 Å². The summed E-state index contributed by atoms with van der Waals surface area (Å²) in [4.78, 5) is 2.73. The Hall–Kier alpha value is -0.0800. The van der Waals surface area contributed by atoms with E-state index in [-0.39, 0.29) is 5.54 Å². The first-order valence-corrected chi connectivity index (χ1v) is 5.93. The van der Waals surface area contributed by atoms with Gasteiger partial charge in [-0.1, -0.05) is 0 Å². The summed E-state index contributed by atoms with van der Waals surface area (Å²) in [6.07, 6.45) is 4.10. The fourth-order valence-electron chi connectivity index (χ4n) is 2.56. The Morgan fingerprint density at radius 3 is 2.36 bits per heavy atom. The van der Waals surface area contributed by atoms with Crippen LogP contribution < -0.4 is 5.32 Å². The van der Waals surface area contributed by atoms with Crippen LogP contribution in [0.15, 0.2) is 0 Å². The highest BCUT2D eigenvalue weighted by Gasteiger charge is 2.42. The highest BCUT2D eigenvalue weighted by molar-refractivity contribution is 5.00. The molecule has 0 unspecified atom stereocenters. The summed E-state index contributed by atoms with van der Waals surface area (Å²) in [5, 5.41) is 3.65. The second-order valence-corrected chi connectivity index (χ2v) is 6.23. The van der Waals surface area contributed by atoms with E-state index < -0.39 is 0 Å². The van der Waals surface area contributed by atoms with Crippen LogP contribution in [0, 0.1) is 0 Å². The van der Waals surface area contributed by atoms with Gasteiger partial charge in [0.15, 0.2) is 0 Å². The monoisotopic (exact) mass is 196 g/mol. The first kappa shape index (κ1) is 10.4. The van der Waals surface area contributed by atoms with E-state index >= 15 is 0 Å². The molecule has 1 saturated heterocycles. The van der Waals surface area contributed by atoms with Crippen molar-refractivity contribution in [2.75, 3.05) is 13.1 Å². The summed E-state index contributed by atoms with van der Waals surface area (Å²) >= 11 is 0. The number of hydrogen-bond acceptors (Lipinski definition) is 2. The smallest absolute Gasteiger partial charge is 0.0252 e. The SMILES string of the molecule is CC1(C)CN(C2CC2)C(C)(C)CCN1. The molecule has 0 spiro atoms. The summed E-state index contributed by atoms with van der Waals surface area (Å²) in [5.74, 6) is 0. The topological polar surface area (TPSA) is 15.3 Å². The molecule has 2 rings (SSSR count). The van der Waals surface area contributed by atoms with Crippen LogP contribution in [0.5, 0.6) is 0 Å². The van der Waals surface area contributed by atoms with Crippen molar-refractivity contribution >= 4 is 0 Å². The van der Waals surface area contributed by atoms with Crippen LogP contribution >= 0.6 is 0 Å². The lowest BCUT2D eigenvalue weighted by Crippen LogP contribution is -2.51. The molecular weight excluding hydrogens is 172 g/mol. The van der Waals surface area contributed by atoms with Gasteiger partial charge < -0.3 is 5.32 Å². The minimum Gasteiger partial charge on any atom is -0.310 e. The van der Waals surface area contributed by atoms with Crippen LogP contribution in [0.25, 0.3) is 0 Å². The van der Waals surface area contributed by atoms with Gasteiger partial charge in [0.25, 0.3) is 0 Å². The van der Waals surface area contributed by atoms with Crippen molar-refractivity contribution in [1.29, 1.82) is 0 Å². The third kappa shape index (κ3) is 2.12. The highest BCUT2D eigenvalue weighted by atomic mass is 15.3. The van der Waals surface area contributed by atoms with Gasteiger partial charge in [0.1, 0.15) is 0 Å². The van der Waals surface area contributed by atoms with Gasteiger partial charge >= 0.3 is 0 Å². The highest BCUT2D eigenvalue weighted by Crippen LogP contribution is 2.36. The zero-order valence-corrected chi connectivity index (χ0v) is 10.1. The lowest BCUT2D eigenvalue weighted by atomic mass is 9.97. The van der Waals surface area contributed by atoms with Crippen LogP contribution in [0.4, 0.5) is 0 Å². The average Bonchev–Trinajstić information content (AvgIpc) is 2.79. The third-order valence-corrected chi connectivity index (χ3v) is 3.67. The van der Waals surface area contributed by atoms with Crippen LogP contribution in [0.3, 0.4) is 0 Å². The van der Waals surface area contributed by atoms with Crippen molar-refractivity contribution in [2.24, 2.45) is 0 Å². The van der Waals surface area contributed by atoms with E-state index in [1.165, 1.54) is 25.8 Å². The lowest BCUT2D eigenvalue weighted by Gasteiger charge is -2.39. The summed E-state index contributed by atoms with van der Waals surface area (Å²) in [7, 11) is 0. The molecule has 14 heavy (non-hydrogen) atoms. The molecule has 1 aliphatic carbocycles. The van der Waals surface area contributed by atoms with Crippen molar-refractivity contribution in [1.82, 2.24) is 10.2 Å². The maximum atomic E-state index is 3.65. The largest absolute Gasteiger partial charge is 0.310 e. The van der Waals surface area contributed by atoms with Gasteiger partial charge in [0.05, 0.1) is 0 Å². The van der Waals surface area contributed by atoms with Crippen LogP contribution in [-0.4, -0.2) is 35.1 Å². The van der Waals surface area contributed by atoms with Gasteiger partial charge in [-0.25, -0.2) is 0 Å². The van der Waals surface area contributed by atoms with Crippen molar-refractivity contribution in [3.63, 3.8) is 0 Å². The summed E-state index contributed by atoms with van der Waals surface area (Å²) in [5.41, 5.74) is 0.679. The zero-order valence-electron chi connectivity index (χ0n) is 10.1.